The van der Waals surface area contributed by atoms with Gasteiger partial charge in [0, 0.05) is 24.5 Å². The van der Waals surface area contributed by atoms with Crippen LogP contribution < -0.4 is 5.32 Å². The zero-order valence-corrected chi connectivity index (χ0v) is 14.0. The largest absolute Gasteiger partial charge is 0.316 e. The molecular formula is C13H21ClN2O2S2. The number of hydrogen-bond donors (Lipinski definition) is 1. The summed E-state index contributed by atoms with van der Waals surface area (Å²) in [4.78, 5) is 1.13. The normalized spacial score (nSPS) is 27.1. The summed E-state index contributed by atoms with van der Waals surface area (Å²) in [6.45, 7) is 5.39. The minimum Gasteiger partial charge on any atom is -0.316 e. The van der Waals surface area contributed by atoms with E-state index in [9.17, 15) is 8.42 Å². The van der Waals surface area contributed by atoms with Gasteiger partial charge in [0.15, 0.2) is 0 Å². The first-order valence-corrected chi connectivity index (χ1v) is 9.11. The van der Waals surface area contributed by atoms with Gasteiger partial charge in [0.05, 0.1) is 0 Å². The van der Waals surface area contributed by atoms with Crippen LogP contribution in [0.15, 0.2) is 16.3 Å². The number of thiophene rings is 1. The van der Waals surface area contributed by atoms with E-state index < -0.39 is 10.0 Å². The van der Waals surface area contributed by atoms with Crippen LogP contribution in [-0.2, 0) is 16.4 Å². The molecule has 1 aromatic heterocycles. The van der Waals surface area contributed by atoms with Crippen LogP contribution in [0.2, 0.25) is 0 Å². The van der Waals surface area contributed by atoms with Gasteiger partial charge in [-0.25, -0.2) is 8.42 Å². The van der Waals surface area contributed by atoms with Crippen molar-refractivity contribution in [3.8, 4) is 0 Å². The van der Waals surface area contributed by atoms with Crippen LogP contribution in [0.25, 0.3) is 0 Å². The molecule has 1 aromatic rings. The van der Waals surface area contributed by atoms with Crippen molar-refractivity contribution in [1.29, 1.82) is 0 Å². The molecule has 4 nitrogen and oxygen atoms in total. The van der Waals surface area contributed by atoms with Crippen LogP contribution in [0.5, 0.6) is 0 Å². The molecule has 2 saturated heterocycles. The number of hydrogen-bond acceptors (Lipinski definition) is 4. The first-order valence-electron chi connectivity index (χ1n) is 6.85. The van der Waals surface area contributed by atoms with Gasteiger partial charge in [-0.3, -0.25) is 0 Å². The van der Waals surface area contributed by atoms with E-state index >= 15 is 0 Å². The molecule has 3 heterocycles. The summed E-state index contributed by atoms with van der Waals surface area (Å²) in [5, 5.41) is 3.36. The maximum atomic E-state index is 12.6. The summed E-state index contributed by atoms with van der Waals surface area (Å²) in [7, 11) is -3.27. The predicted octanol–water partition coefficient (Wildman–Crippen LogP) is 2.11. The first kappa shape index (κ1) is 16.2. The zero-order valence-electron chi connectivity index (χ0n) is 11.6. The molecule has 20 heavy (non-hydrogen) atoms. The maximum Gasteiger partial charge on any atom is 0.252 e. The third-order valence-corrected chi connectivity index (χ3v) is 7.86. The summed E-state index contributed by atoms with van der Waals surface area (Å²) < 4.78 is 27.4. The highest BCUT2D eigenvalue weighted by atomic mass is 35.5. The van der Waals surface area contributed by atoms with Crippen molar-refractivity contribution < 1.29 is 8.42 Å². The van der Waals surface area contributed by atoms with E-state index in [0.29, 0.717) is 17.3 Å². The molecule has 2 aliphatic rings. The van der Waals surface area contributed by atoms with Gasteiger partial charge < -0.3 is 5.32 Å². The minimum atomic E-state index is -3.27. The number of nitrogens with one attached hydrogen (secondary N) is 1. The second-order valence-electron chi connectivity index (χ2n) is 5.59. The Balaban J connectivity index is 0.00000147. The van der Waals surface area contributed by atoms with Crippen LogP contribution in [0.4, 0.5) is 0 Å². The molecule has 2 fully saturated rings. The van der Waals surface area contributed by atoms with Crippen LogP contribution in [0, 0.1) is 5.41 Å². The van der Waals surface area contributed by atoms with Crippen molar-refractivity contribution in [2.45, 2.75) is 30.4 Å². The molecule has 1 spiro atoms. The lowest BCUT2D eigenvalue weighted by Crippen LogP contribution is -2.32. The summed E-state index contributed by atoms with van der Waals surface area (Å²) >= 11 is 1.41. The van der Waals surface area contributed by atoms with Crippen molar-refractivity contribution >= 4 is 33.8 Å². The summed E-state index contributed by atoms with van der Waals surface area (Å²) in [6, 6.07) is 3.69. The van der Waals surface area contributed by atoms with E-state index in [4.69, 9.17) is 0 Å². The van der Waals surface area contributed by atoms with E-state index in [2.05, 4.69) is 12.2 Å². The third kappa shape index (κ3) is 2.76. The fourth-order valence-electron chi connectivity index (χ4n) is 3.06. The smallest absolute Gasteiger partial charge is 0.252 e. The van der Waals surface area contributed by atoms with Gasteiger partial charge in [-0.05, 0) is 43.4 Å². The quantitative estimate of drug-likeness (QED) is 0.919. The van der Waals surface area contributed by atoms with Crippen LogP contribution in [0.3, 0.4) is 0 Å². The van der Waals surface area contributed by atoms with E-state index in [1.54, 1.807) is 10.4 Å². The molecule has 0 aliphatic carbocycles. The van der Waals surface area contributed by atoms with Crippen LogP contribution in [-0.4, -0.2) is 38.9 Å². The highest BCUT2D eigenvalue weighted by Crippen LogP contribution is 2.39. The fourth-order valence-corrected chi connectivity index (χ4v) is 6.06. The van der Waals surface area contributed by atoms with Gasteiger partial charge in [-0.1, -0.05) is 6.92 Å². The lowest BCUT2D eigenvalue weighted by molar-refractivity contribution is 0.338. The molecule has 0 amide bonds. The van der Waals surface area contributed by atoms with Crippen LogP contribution >= 0.6 is 23.7 Å². The Hall–Kier alpha value is -0.140. The Morgan fingerprint density at radius 2 is 2.20 bits per heavy atom. The summed E-state index contributed by atoms with van der Waals surface area (Å²) in [6.07, 6.45) is 2.99. The molecule has 0 saturated carbocycles. The molecule has 1 N–H and O–H groups in total. The Labute approximate surface area is 131 Å². The van der Waals surface area contributed by atoms with E-state index in [1.165, 1.54) is 11.3 Å². The Kier molecular flexibility index (Phi) is 4.81. The Bertz CT molecular complexity index is 565. The highest BCUT2D eigenvalue weighted by molar-refractivity contribution is 7.91. The Morgan fingerprint density at radius 3 is 2.80 bits per heavy atom. The van der Waals surface area contributed by atoms with E-state index in [0.717, 1.165) is 37.2 Å². The van der Waals surface area contributed by atoms with Gasteiger partial charge in [0.25, 0.3) is 10.0 Å². The van der Waals surface area contributed by atoms with Gasteiger partial charge >= 0.3 is 0 Å². The number of aryl methyl sites for hydroxylation is 1. The molecule has 0 aromatic carbocycles. The minimum absolute atomic E-state index is 0. The van der Waals surface area contributed by atoms with Gasteiger partial charge in [0.1, 0.15) is 4.21 Å². The standard InChI is InChI=1S/C13H20N2O2S2.ClH/c1-2-11-3-4-12(18-11)19(16,17)15-8-6-13(10-15)5-7-14-9-13;/h3-4,14H,2,5-10H2,1H3;1H. The monoisotopic (exact) mass is 336 g/mol. The second-order valence-corrected chi connectivity index (χ2v) is 8.92. The van der Waals surface area contributed by atoms with E-state index in [-0.39, 0.29) is 17.8 Å². The second kappa shape index (κ2) is 5.93. The topological polar surface area (TPSA) is 49.4 Å². The van der Waals surface area contributed by atoms with E-state index in [1.807, 2.05) is 6.07 Å². The Morgan fingerprint density at radius 1 is 1.40 bits per heavy atom. The van der Waals surface area contributed by atoms with Gasteiger partial charge in [-0.2, -0.15) is 4.31 Å². The number of rotatable bonds is 3. The SMILES string of the molecule is CCc1ccc(S(=O)(=O)N2CCC3(CCNC3)C2)s1.Cl. The molecule has 2 aliphatic heterocycles. The molecule has 0 radical (unpaired) electrons. The average Bonchev–Trinajstić information content (AvgIpc) is 3.12. The molecule has 1 atom stereocenters. The van der Waals surface area contributed by atoms with Crippen molar-refractivity contribution in [3.63, 3.8) is 0 Å². The van der Waals surface area contributed by atoms with Crippen LogP contribution in [0.1, 0.15) is 24.6 Å². The molecule has 3 rings (SSSR count). The lowest BCUT2D eigenvalue weighted by atomic mass is 9.87. The van der Waals surface area contributed by atoms with Gasteiger partial charge in [0.2, 0.25) is 0 Å². The van der Waals surface area contributed by atoms with Gasteiger partial charge in [-0.15, -0.1) is 23.7 Å². The number of halogens is 1. The lowest BCUT2D eigenvalue weighted by Gasteiger charge is -2.22. The zero-order chi connectivity index (χ0) is 13.5. The third-order valence-electron chi connectivity index (χ3n) is 4.32. The molecule has 0 bridgehead atoms. The first-order chi connectivity index (χ1) is 9.06. The summed E-state index contributed by atoms with van der Waals surface area (Å²) in [5.74, 6) is 0. The maximum absolute atomic E-state index is 12.6. The fraction of sp³-hybridized carbons (Fsp3) is 0.692. The number of nitrogens with zero attached hydrogens (tertiary/aromatic N) is 1. The molecule has 114 valence electrons. The highest BCUT2D eigenvalue weighted by Gasteiger charge is 2.44. The average molecular weight is 337 g/mol. The van der Waals surface area contributed by atoms with Crippen molar-refractivity contribution in [1.82, 2.24) is 9.62 Å². The molecule has 1 unspecified atom stereocenters. The van der Waals surface area contributed by atoms with Crippen molar-refractivity contribution in [2.24, 2.45) is 5.41 Å². The molecular weight excluding hydrogens is 316 g/mol. The van der Waals surface area contributed by atoms with Crippen molar-refractivity contribution in [2.75, 3.05) is 26.2 Å². The summed E-state index contributed by atoms with van der Waals surface area (Å²) in [5.41, 5.74) is 0.192. The number of sulfonamides is 1. The van der Waals surface area contributed by atoms with Crippen molar-refractivity contribution in [3.05, 3.63) is 17.0 Å². The predicted molar refractivity (Wildman–Crippen MR) is 84.2 cm³/mol. The molecule has 7 heteroatoms.